The third kappa shape index (κ3) is 3.68. The Balaban J connectivity index is 2.14. The van der Waals surface area contributed by atoms with Crippen LogP contribution in [0.2, 0.25) is 0 Å². The van der Waals surface area contributed by atoms with Crippen LogP contribution in [0.3, 0.4) is 0 Å². The number of carbonyl (C=O) groups excluding carboxylic acids is 1. The van der Waals surface area contributed by atoms with Crippen molar-refractivity contribution >= 4 is 29.3 Å². The molecule has 2 rings (SSSR count). The van der Waals surface area contributed by atoms with Gasteiger partial charge in [-0.15, -0.1) is 23.4 Å². The summed E-state index contributed by atoms with van der Waals surface area (Å²) >= 11 is 7.56. The minimum absolute atomic E-state index is 0.0455. The molecular weight excluding hydrogens is 294 g/mol. The van der Waals surface area contributed by atoms with Gasteiger partial charge in [0.25, 0.3) is 5.91 Å². The largest absolute Gasteiger partial charge is 0.367 e. The Labute approximate surface area is 129 Å². The molecule has 1 saturated heterocycles. The summed E-state index contributed by atoms with van der Waals surface area (Å²) in [5, 5.41) is 0. The van der Waals surface area contributed by atoms with Crippen LogP contribution < -0.4 is 0 Å². The van der Waals surface area contributed by atoms with Gasteiger partial charge in [0.05, 0.1) is 17.6 Å². The zero-order chi connectivity index (χ0) is 14.8. The lowest BCUT2D eigenvalue weighted by Gasteiger charge is -2.42. The molecule has 0 aromatic heterocycles. The summed E-state index contributed by atoms with van der Waals surface area (Å²) in [6, 6.07) is 7.71. The molecule has 1 fully saturated rings. The Morgan fingerprint density at radius 3 is 2.65 bits per heavy atom. The van der Waals surface area contributed by atoms with Gasteiger partial charge < -0.3 is 9.64 Å². The Bertz CT molecular complexity index is 475. The molecule has 1 unspecified atom stereocenters. The van der Waals surface area contributed by atoms with E-state index in [1.54, 1.807) is 11.8 Å². The molecule has 1 aliphatic rings. The molecule has 0 aliphatic carbocycles. The Morgan fingerprint density at radius 2 is 2.10 bits per heavy atom. The summed E-state index contributed by atoms with van der Waals surface area (Å²) < 4.78 is 5.85. The van der Waals surface area contributed by atoms with E-state index in [0.29, 0.717) is 24.5 Å². The van der Waals surface area contributed by atoms with Gasteiger partial charge in [-0.2, -0.15) is 0 Å². The van der Waals surface area contributed by atoms with E-state index in [0.717, 1.165) is 4.90 Å². The van der Waals surface area contributed by atoms with Crippen LogP contribution >= 0.6 is 23.4 Å². The van der Waals surface area contributed by atoms with Crippen LogP contribution in [-0.4, -0.2) is 47.7 Å². The lowest BCUT2D eigenvalue weighted by Crippen LogP contribution is -2.55. The maximum absolute atomic E-state index is 12.6. The average molecular weight is 314 g/mol. The third-order valence-corrected chi connectivity index (χ3v) is 4.37. The number of hydrogen-bond donors (Lipinski definition) is 0. The quantitative estimate of drug-likeness (QED) is 0.633. The average Bonchev–Trinajstić information content (AvgIpc) is 2.44. The van der Waals surface area contributed by atoms with Crippen molar-refractivity contribution in [2.24, 2.45) is 0 Å². The molecule has 0 radical (unpaired) electrons. The van der Waals surface area contributed by atoms with Crippen LogP contribution in [-0.2, 0) is 4.74 Å². The van der Waals surface area contributed by atoms with Gasteiger partial charge in [0.15, 0.2) is 0 Å². The number of thioether (sulfide) groups is 1. The lowest BCUT2D eigenvalue weighted by atomic mass is 10.0. The second-order valence-electron chi connectivity index (χ2n) is 5.57. The number of carbonyl (C=O) groups is 1. The SMILES string of the molecule is CSc1ccc(C(=O)N2CC(CCl)OC(C)(C)C2)cc1. The second-order valence-corrected chi connectivity index (χ2v) is 6.76. The van der Waals surface area contributed by atoms with E-state index in [2.05, 4.69) is 0 Å². The van der Waals surface area contributed by atoms with E-state index in [1.165, 1.54) is 0 Å². The van der Waals surface area contributed by atoms with Crippen molar-refractivity contribution in [1.82, 2.24) is 4.90 Å². The van der Waals surface area contributed by atoms with Crippen molar-refractivity contribution in [3.8, 4) is 0 Å². The zero-order valence-electron chi connectivity index (χ0n) is 12.1. The molecule has 3 nitrogen and oxygen atoms in total. The number of ether oxygens (including phenoxy) is 1. The van der Waals surface area contributed by atoms with Gasteiger partial charge in [-0.25, -0.2) is 0 Å². The van der Waals surface area contributed by atoms with E-state index in [-0.39, 0.29) is 17.6 Å². The number of nitrogens with zero attached hydrogens (tertiary/aromatic N) is 1. The van der Waals surface area contributed by atoms with Gasteiger partial charge in [0, 0.05) is 23.5 Å². The van der Waals surface area contributed by atoms with Crippen LogP contribution in [0.1, 0.15) is 24.2 Å². The Hall–Kier alpha value is -0.710. The maximum Gasteiger partial charge on any atom is 0.254 e. The first-order valence-corrected chi connectivity index (χ1v) is 8.38. The minimum Gasteiger partial charge on any atom is -0.367 e. The monoisotopic (exact) mass is 313 g/mol. The molecule has 0 bridgehead atoms. The van der Waals surface area contributed by atoms with E-state index >= 15 is 0 Å². The molecule has 110 valence electrons. The van der Waals surface area contributed by atoms with Crippen LogP contribution in [0, 0.1) is 0 Å². The van der Waals surface area contributed by atoms with Crippen molar-refractivity contribution in [1.29, 1.82) is 0 Å². The standard InChI is InChI=1S/C15H20ClNO2S/c1-15(2)10-17(9-12(8-16)19-15)14(18)11-4-6-13(20-3)7-5-11/h4-7,12H,8-10H2,1-3H3. The van der Waals surface area contributed by atoms with Gasteiger partial charge in [-0.1, -0.05) is 0 Å². The predicted molar refractivity (Wildman–Crippen MR) is 83.8 cm³/mol. The molecule has 1 atom stereocenters. The normalized spacial score (nSPS) is 21.8. The number of hydrogen-bond acceptors (Lipinski definition) is 3. The number of morpholine rings is 1. The second kappa shape index (κ2) is 6.37. The summed E-state index contributed by atoms with van der Waals surface area (Å²) in [6.45, 7) is 5.12. The Kier molecular flexibility index (Phi) is 4.99. The number of alkyl halides is 1. The van der Waals surface area contributed by atoms with Gasteiger partial charge in [0.2, 0.25) is 0 Å². The molecule has 1 aromatic rings. The van der Waals surface area contributed by atoms with Crippen molar-refractivity contribution in [3.63, 3.8) is 0 Å². The summed E-state index contributed by atoms with van der Waals surface area (Å²) in [5.74, 6) is 0.447. The Morgan fingerprint density at radius 1 is 1.45 bits per heavy atom. The van der Waals surface area contributed by atoms with Gasteiger partial charge in [0.1, 0.15) is 0 Å². The van der Waals surface area contributed by atoms with Crippen molar-refractivity contribution in [2.45, 2.75) is 30.4 Å². The minimum atomic E-state index is -0.354. The van der Waals surface area contributed by atoms with E-state index in [4.69, 9.17) is 16.3 Å². The molecule has 1 aromatic carbocycles. The summed E-state index contributed by atoms with van der Waals surface area (Å²) in [4.78, 5) is 15.6. The highest BCUT2D eigenvalue weighted by Crippen LogP contribution is 2.24. The highest BCUT2D eigenvalue weighted by molar-refractivity contribution is 7.98. The first kappa shape index (κ1) is 15.7. The highest BCUT2D eigenvalue weighted by Gasteiger charge is 2.35. The zero-order valence-corrected chi connectivity index (χ0v) is 13.6. The fourth-order valence-electron chi connectivity index (χ4n) is 2.45. The molecule has 1 aliphatic heterocycles. The first-order valence-electron chi connectivity index (χ1n) is 6.62. The molecular formula is C15H20ClNO2S. The summed E-state index contributed by atoms with van der Waals surface area (Å²) in [5.41, 5.74) is 0.362. The lowest BCUT2D eigenvalue weighted by molar-refractivity contribution is -0.117. The van der Waals surface area contributed by atoms with Crippen molar-refractivity contribution in [2.75, 3.05) is 25.2 Å². The number of rotatable bonds is 3. The van der Waals surface area contributed by atoms with E-state index in [9.17, 15) is 4.79 Å². The smallest absolute Gasteiger partial charge is 0.254 e. The molecule has 0 saturated carbocycles. The van der Waals surface area contributed by atoms with E-state index < -0.39 is 0 Å². The number of amides is 1. The van der Waals surface area contributed by atoms with Gasteiger partial charge in [-0.3, -0.25) is 4.79 Å². The van der Waals surface area contributed by atoms with E-state index in [1.807, 2.05) is 49.3 Å². The fourth-order valence-corrected chi connectivity index (χ4v) is 3.02. The maximum atomic E-state index is 12.6. The number of halogens is 1. The van der Waals surface area contributed by atoms with Crippen LogP contribution in [0.15, 0.2) is 29.2 Å². The van der Waals surface area contributed by atoms with Gasteiger partial charge >= 0.3 is 0 Å². The third-order valence-electron chi connectivity index (χ3n) is 3.28. The summed E-state index contributed by atoms with van der Waals surface area (Å²) in [7, 11) is 0. The van der Waals surface area contributed by atoms with Crippen molar-refractivity contribution < 1.29 is 9.53 Å². The summed E-state index contributed by atoms with van der Waals surface area (Å²) in [6.07, 6.45) is 1.92. The molecule has 0 spiro atoms. The highest BCUT2D eigenvalue weighted by atomic mass is 35.5. The van der Waals surface area contributed by atoms with Crippen LogP contribution in [0.25, 0.3) is 0 Å². The first-order chi connectivity index (χ1) is 9.45. The van der Waals surface area contributed by atoms with Crippen molar-refractivity contribution in [3.05, 3.63) is 29.8 Å². The van der Waals surface area contributed by atoms with Crippen LogP contribution in [0.4, 0.5) is 0 Å². The molecule has 0 N–H and O–H groups in total. The number of benzene rings is 1. The fraction of sp³-hybridized carbons (Fsp3) is 0.533. The molecule has 5 heteroatoms. The molecule has 20 heavy (non-hydrogen) atoms. The predicted octanol–water partition coefficient (Wildman–Crippen LogP) is 3.27. The molecule has 1 amide bonds. The molecule has 1 heterocycles. The van der Waals surface area contributed by atoms with Gasteiger partial charge in [-0.05, 0) is 44.4 Å². The van der Waals surface area contributed by atoms with Crippen LogP contribution in [0.5, 0.6) is 0 Å². The topological polar surface area (TPSA) is 29.5 Å².